The van der Waals surface area contributed by atoms with Crippen LogP contribution in [0.25, 0.3) is 10.9 Å². The Morgan fingerprint density at radius 1 is 1.15 bits per heavy atom. The lowest BCUT2D eigenvalue weighted by molar-refractivity contribution is -0.118. The van der Waals surface area contributed by atoms with Gasteiger partial charge in [0.25, 0.3) is 11.5 Å². The molecule has 0 aliphatic carbocycles. The number of hydrogen-bond acceptors (Lipinski definition) is 6. The van der Waals surface area contributed by atoms with Gasteiger partial charge in [-0.15, -0.1) is 0 Å². The second-order valence-corrected chi connectivity index (χ2v) is 10.7. The summed E-state index contributed by atoms with van der Waals surface area (Å²) in [5.41, 5.74) is 1.02. The van der Waals surface area contributed by atoms with Crippen molar-refractivity contribution < 1.29 is 18.7 Å². The van der Waals surface area contributed by atoms with Crippen LogP contribution in [0.5, 0.6) is 11.5 Å². The number of para-hydroxylation sites is 1. The topological polar surface area (TPSA) is 94.8 Å². The molecule has 4 aromatic rings. The highest BCUT2D eigenvalue weighted by Crippen LogP contribution is 2.36. The molecule has 8 nitrogen and oxygen atoms in total. The zero-order valence-electron chi connectivity index (χ0n) is 22.1. The molecule has 1 atom stereocenters. The van der Waals surface area contributed by atoms with Gasteiger partial charge < -0.3 is 14.8 Å². The molecule has 1 N–H and O–H groups in total. The first kappa shape index (κ1) is 29.4. The van der Waals surface area contributed by atoms with Crippen LogP contribution in [0.2, 0.25) is 0 Å². The molecule has 0 saturated heterocycles. The molecule has 0 radical (unpaired) electrons. The van der Waals surface area contributed by atoms with E-state index in [2.05, 4.69) is 42.3 Å². The molecular weight excluding hydrogens is 647 g/mol. The second-order valence-electron chi connectivity index (χ2n) is 8.88. The summed E-state index contributed by atoms with van der Waals surface area (Å²) in [4.78, 5) is 30.5. The van der Waals surface area contributed by atoms with Crippen LogP contribution in [0.1, 0.15) is 44.5 Å². The van der Waals surface area contributed by atoms with Gasteiger partial charge in [0.2, 0.25) is 0 Å². The lowest BCUT2D eigenvalue weighted by atomic mass is 10.1. The van der Waals surface area contributed by atoms with Crippen molar-refractivity contribution in [2.45, 2.75) is 33.1 Å². The highest BCUT2D eigenvalue weighted by molar-refractivity contribution is 9.10. The molecule has 1 aromatic heterocycles. The smallest absolute Gasteiger partial charge is 0.282 e. The van der Waals surface area contributed by atoms with Crippen molar-refractivity contribution in [1.29, 1.82) is 0 Å². The van der Waals surface area contributed by atoms with Gasteiger partial charge in [-0.1, -0.05) is 41.9 Å². The molecule has 1 heterocycles. The third-order valence-corrected chi connectivity index (χ3v) is 7.12. The predicted molar refractivity (Wildman–Crippen MR) is 161 cm³/mol. The minimum Gasteiger partial charge on any atom is -0.490 e. The van der Waals surface area contributed by atoms with Crippen molar-refractivity contribution in [2.75, 3.05) is 18.5 Å². The fourth-order valence-electron chi connectivity index (χ4n) is 3.86. The largest absolute Gasteiger partial charge is 0.490 e. The van der Waals surface area contributed by atoms with Crippen molar-refractivity contribution in [1.82, 2.24) is 9.66 Å². The van der Waals surface area contributed by atoms with Crippen LogP contribution in [-0.4, -0.2) is 35.0 Å². The molecule has 0 spiro atoms. The fourth-order valence-corrected chi connectivity index (χ4v) is 4.79. The van der Waals surface area contributed by atoms with Crippen molar-refractivity contribution in [3.05, 3.63) is 91.1 Å². The first-order chi connectivity index (χ1) is 19.2. The number of rotatable bonds is 10. The molecule has 11 heteroatoms. The number of benzene rings is 3. The van der Waals surface area contributed by atoms with Gasteiger partial charge >= 0.3 is 0 Å². The average molecular weight is 674 g/mol. The molecule has 40 heavy (non-hydrogen) atoms. The van der Waals surface area contributed by atoms with Gasteiger partial charge in [-0.3, -0.25) is 9.59 Å². The molecule has 1 amide bonds. The molecule has 0 bridgehead atoms. The zero-order valence-corrected chi connectivity index (χ0v) is 25.3. The van der Waals surface area contributed by atoms with E-state index in [0.717, 1.165) is 10.9 Å². The normalized spacial score (nSPS) is 12.1. The van der Waals surface area contributed by atoms with E-state index < -0.39 is 11.7 Å². The molecule has 3 aromatic carbocycles. The number of hydrogen-bond donors (Lipinski definition) is 1. The van der Waals surface area contributed by atoms with Crippen LogP contribution in [0, 0.1) is 5.82 Å². The van der Waals surface area contributed by atoms with E-state index in [-0.39, 0.29) is 23.8 Å². The summed E-state index contributed by atoms with van der Waals surface area (Å²) in [6.45, 7) is 5.81. The summed E-state index contributed by atoms with van der Waals surface area (Å²) in [6.07, 6.45) is 2.32. The Bertz CT molecular complexity index is 1640. The molecule has 208 valence electrons. The zero-order chi connectivity index (χ0) is 28.8. The quantitative estimate of drug-likeness (QED) is 0.185. The lowest BCUT2D eigenvalue weighted by Crippen LogP contribution is -2.23. The van der Waals surface area contributed by atoms with E-state index >= 15 is 0 Å². The number of amides is 1. The molecule has 0 unspecified atom stereocenters. The summed E-state index contributed by atoms with van der Waals surface area (Å²) >= 11 is 6.90. The first-order valence-electron chi connectivity index (χ1n) is 12.6. The third kappa shape index (κ3) is 6.76. The Morgan fingerprint density at radius 2 is 1.93 bits per heavy atom. The van der Waals surface area contributed by atoms with E-state index in [1.165, 1.54) is 22.9 Å². The number of carbonyl (C=O) groups is 1. The Balaban J connectivity index is 1.63. The van der Waals surface area contributed by atoms with Crippen LogP contribution in [0.4, 0.5) is 10.1 Å². The predicted octanol–water partition coefficient (Wildman–Crippen LogP) is 6.87. The number of ether oxygens (including phenoxy) is 2. The number of fused-ring (bicyclic) bond motifs is 1. The summed E-state index contributed by atoms with van der Waals surface area (Å²) in [6, 6.07) is 14.7. The van der Waals surface area contributed by atoms with Gasteiger partial charge in [0.1, 0.15) is 11.6 Å². The summed E-state index contributed by atoms with van der Waals surface area (Å²) in [7, 11) is 0. The standard InChI is InChI=1S/C29H27Br2FN4O4/c1-4-17(3)28-35-23-11-10-19(30)14-20(23)29(38)36(28)33-15-18-12-21(31)27(25(13-18)39-5-2)40-16-26(37)34-24-9-7-6-8-22(24)32/h6-15,17H,4-5,16H2,1-3H3,(H,34,37)/t17-/m1/s1. The number of halogens is 3. The number of aromatic nitrogens is 2. The van der Waals surface area contributed by atoms with Crippen LogP contribution < -0.4 is 20.3 Å². The van der Waals surface area contributed by atoms with E-state index in [0.29, 0.717) is 44.9 Å². The maximum atomic E-state index is 13.9. The maximum Gasteiger partial charge on any atom is 0.282 e. The van der Waals surface area contributed by atoms with Crippen LogP contribution in [0.15, 0.2) is 73.4 Å². The average Bonchev–Trinajstić information content (AvgIpc) is 2.93. The van der Waals surface area contributed by atoms with Crippen molar-refractivity contribution >= 4 is 60.6 Å². The van der Waals surface area contributed by atoms with Crippen LogP contribution in [-0.2, 0) is 4.79 Å². The summed E-state index contributed by atoms with van der Waals surface area (Å²) < 4.78 is 28.0. The first-order valence-corrected chi connectivity index (χ1v) is 14.2. The van der Waals surface area contributed by atoms with Gasteiger partial charge in [-0.25, -0.2) is 9.37 Å². The Labute approximate surface area is 247 Å². The second kappa shape index (κ2) is 13.2. The minimum absolute atomic E-state index is 0.00472. The van der Waals surface area contributed by atoms with Crippen molar-refractivity contribution in [3.63, 3.8) is 0 Å². The van der Waals surface area contributed by atoms with E-state index in [1.54, 1.807) is 30.5 Å². The Hall–Kier alpha value is -3.57. The molecule has 4 rings (SSSR count). The Morgan fingerprint density at radius 3 is 2.65 bits per heavy atom. The van der Waals surface area contributed by atoms with E-state index in [9.17, 15) is 14.0 Å². The van der Waals surface area contributed by atoms with Crippen LogP contribution in [0.3, 0.4) is 0 Å². The number of nitrogens with one attached hydrogen (secondary N) is 1. The third-order valence-electron chi connectivity index (χ3n) is 6.04. The van der Waals surface area contributed by atoms with Gasteiger partial charge in [0.15, 0.2) is 18.1 Å². The molecule has 0 aliphatic rings. The SMILES string of the molecule is CCOc1cc(C=Nn2c([C@H](C)CC)nc3ccc(Br)cc3c2=O)cc(Br)c1OCC(=O)Nc1ccccc1F. The maximum absolute atomic E-state index is 13.9. The molecule has 0 fully saturated rings. The molecule has 0 aliphatic heterocycles. The fraction of sp³-hybridized carbons (Fsp3) is 0.241. The van der Waals surface area contributed by atoms with Gasteiger partial charge in [0, 0.05) is 10.4 Å². The van der Waals surface area contributed by atoms with Crippen LogP contribution >= 0.6 is 31.9 Å². The van der Waals surface area contributed by atoms with Crippen molar-refractivity contribution in [3.8, 4) is 11.5 Å². The van der Waals surface area contributed by atoms with Gasteiger partial charge in [-0.05, 0) is 77.3 Å². The lowest BCUT2D eigenvalue weighted by Gasteiger charge is -2.15. The molecular formula is C29H27Br2FN4O4. The number of carbonyl (C=O) groups excluding carboxylic acids is 1. The van der Waals surface area contributed by atoms with E-state index in [4.69, 9.17) is 14.5 Å². The van der Waals surface area contributed by atoms with Gasteiger partial charge in [0.05, 0.1) is 33.9 Å². The molecule has 0 saturated carbocycles. The monoisotopic (exact) mass is 672 g/mol. The number of nitrogens with zero attached hydrogens (tertiary/aromatic N) is 3. The summed E-state index contributed by atoms with van der Waals surface area (Å²) in [5.74, 6) is 0.154. The van der Waals surface area contributed by atoms with E-state index in [1.807, 2.05) is 32.9 Å². The Kier molecular flexibility index (Phi) is 9.70. The number of anilines is 1. The highest BCUT2D eigenvalue weighted by Gasteiger charge is 2.17. The summed E-state index contributed by atoms with van der Waals surface area (Å²) in [5, 5.41) is 7.45. The highest BCUT2D eigenvalue weighted by atomic mass is 79.9. The minimum atomic E-state index is -0.541. The van der Waals surface area contributed by atoms with Crippen molar-refractivity contribution in [2.24, 2.45) is 5.10 Å². The van der Waals surface area contributed by atoms with Gasteiger partial charge in [-0.2, -0.15) is 9.78 Å².